The number of carbonyl (C=O) groups is 1. The van der Waals surface area contributed by atoms with Crippen LogP contribution in [0.15, 0.2) is 0 Å². The summed E-state index contributed by atoms with van der Waals surface area (Å²) in [6.45, 7) is 2.55. The Morgan fingerprint density at radius 2 is 2.24 bits per heavy atom. The summed E-state index contributed by atoms with van der Waals surface area (Å²) in [6, 6.07) is 0. The Hall–Kier alpha value is -0.650. The molecule has 0 aromatic rings. The van der Waals surface area contributed by atoms with Crippen LogP contribution in [-0.4, -0.2) is 49.5 Å². The lowest BCUT2D eigenvalue weighted by Gasteiger charge is -2.29. The minimum atomic E-state index is -0.371. The largest absolute Gasteiger partial charge is 0.393 e. The van der Waals surface area contributed by atoms with E-state index in [1.165, 1.54) is 0 Å². The molecule has 1 saturated heterocycles. The van der Waals surface area contributed by atoms with Crippen LogP contribution in [-0.2, 0) is 9.53 Å². The standard InChI is InChI=1S/C12H22N2O3/c15-10-4-2-1-3-9(10)7-14-12(16)11-8-13-5-6-17-11/h9-11,13,15H,1-8H2,(H,14,16)/t9-,10+,11-/m0/s1. The van der Waals surface area contributed by atoms with Gasteiger partial charge in [0.1, 0.15) is 6.10 Å². The Bertz CT molecular complexity index is 254. The third kappa shape index (κ3) is 3.66. The molecule has 0 unspecified atom stereocenters. The molecule has 2 rings (SSSR count). The monoisotopic (exact) mass is 242 g/mol. The van der Waals surface area contributed by atoms with Crippen molar-refractivity contribution in [1.82, 2.24) is 10.6 Å². The van der Waals surface area contributed by atoms with Gasteiger partial charge in [-0.15, -0.1) is 0 Å². The average molecular weight is 242 g/mol. The van der Waals surface area contributed by atoms with E-state index in [9.17, 15) is 9.90 Å². The first-order valence-electron chi connectivity index (χ1n) is 6.55. The van der Waals surface area contributed by atoms with E-state index in [2.05, 4.69) is 10.6 Å². The first-order valence-corrected chi connectivity index (χ1v) is 6.55. The molecule has 1 aliphatic heterocycles. The van der Waals surface area contributed by atoms with Crippen molar-refractivity contribution in [2.45, 2.75) is 37.9 Å². The van der Waals surface area contributed by atoms with Gasteiger partial charge in [-0.1, -0.05) is 12.8 Å². The van der Waals surface area contributed by atoms with E-state index in [-0.39, 0.29) is 24.0 Å². The van der Waals surface area contributed by atoms with Gasteiger partial charge >= 0.3 is 0 Å². The second-order valence-electron chi connectivity index (χ2n) is 4.92. The summed E-state index contributed by atoms with van der Waals surface area (Å²) in [6.07, 6.45) is 3.49. The van der Waals surface area contributed by atoms with E-state index in [0.29, 0.717) is 19.7 Å². The average Bonchev–Trinajstić information content (AvgIpc) is 2.38. The Kier molecular flexibility index (Phi) is 4.76. The topological polar surface area (TPSA) is 70.6 Å². The number of aliphatic hydroxyl groups excluding tert-OH is 1. The number of ether oxygens (including phenoxy) is 1. The summed E-state index contributed by atoms with van der Waals surface area (Å²) in [4.78, 5) is 11.8. The molecule has 5 nitrogen and oxygen atoms in total. The molecule has 1 saturated carbocycles. The summed E-state index contributed by atoms with van der Waals surface area (Å²) < 4.78 is 5.37. The SMILES string of the molecule is O=C(NC[C@@H]1CCCC[C@H]1O)[C@@H]1CNCCO1. The van der Waals surface area contributed by atoms with Crippen LogP contribution in [0.1, 0.15) is 25.7 Å². The number of aliphatic hydroxyl groups is 1. The maximum atomic E-state index is 11.8. The van der Waals surface area contributed by atoms with Gasteiger partial charge < -0.3 is 20.5 Å². The van der Waals surface area contributed by atoms with Crippen molar-refractivity contribution in [3.8, 4) is 0 Å². The molecule has 0 aromatic heterocycles. The lowest BCUT2D eigenvalue weighted by atomic mass is 9.86. The fourth-order valence-corrected chi connectivity index (χ4v) is 2.51. The third-order valence-corrected chi connectivity index (χ3v) is 3.63. The number of rotatable bonds is 3. The van der Waals surface area contributed by atoms with Gasteiger partial charge in [0.2, 0.25) is 5.91 Å². The van der Waals surface area contributed by atoms with Crippen LogP contribution >= 0.6 is 0 Å². The van der Waals surface area contributed by atoms with Gasteiger partial charge in [-0.3, -0.25) is 4.79 Å². The second-order valence-corrected chi connectivity index (χ2v) is 4.92. The van der Waals surface area contributed by atoms with E-state index in [4.69, 9.17) is 4.74 Å². The molecule has 2 aliphatic rings. The zero-order valence-corrected chi connectivity index (χ0v) is 10.2. The van der Waals surface area contributed by atoms with Crippen molar-refractivity contribution in [3.63, 3.8) is 0 Å². The molecule has 0 spiro atoms. The molecule has 3 atom stereocenters. The summed E-state index contributed by atoms with van der Waals surface area (Å²) in [5.41, 5.74) is 0. The van der Waals surface area contributed by atoms with Crippen LogP contribution in [0.4, 0.5) is 0 Å². The highest BCUT2D eigenvalue weighted by molar-refractivity contribution is 5.81. The molecule has 0 aromatic carbocycles. The molecule has 1 aliphatic carbocycles. The van der Waals surface area contributed by atoms with E-state index in [1.807, 2.05) is 0 Å². The van der Waals surface area contributed by atoms with Crippen LogP contribution in [0.3, 0.4) is 0 Å². The predicted molar refractivity (Wildman–Crippen MR) is 63.6 cm³/mol. The van der Waals surface area contributed by atoms with E-state index < -0.39 is 0 Å². The molecule has 1 amide bonds. The molecule has 0 radical (unpaired) electrons. The zero-order chi connectivity index (χ0) is 12.1. The molecule has 98 valence electrons. The fraction of sp³-hybridized carbons (Fsp3) is 0.917. The quantitative estimate of drug-likeness (QED) is 0.632. The number of hydrogen-bond acceptors (Lipinski definition) is 4. The normalized spacial score (nSPS) is 34.3. The Morgan fingerprint density at radius 1 is 1.41 bits per heavy atom. The first-order chi connectivity index (χ1) is 8.27. The smallest absolute Gasteiger partial charge is 0.250 e. The van der Waals surface area contributed by atoms with E-state index in [1.54, 1.807) is 0 Å². The van der Waals surface area contributed by atoms with Crippen LogP contribution in [0, 0.1) is 5.92 Å². The second kappa shape index (κ2) is 6.33. The summed E-state index contributed by atoms with van der Waals surface area (Å²) >= 11 is 0. The van der Waals surface area contributed by atoms with Gasteiger partial charge in [-0.25, -0.2) is 0 Å². The zero-order valence-electron chi connectivity index (χ0n) is 10.2. The number of amides is 1. The van der Waals surface area contributed by atoms with Gasteiger partial charge in [0, 0.05) is 25.6 Å². The van der Waals surface area contributed by atoms with Gasteiger partial charge in [0.15, 0.2) is 0 Å². The highest BCUT2D eigenvalue weighted by Crippen LogP contribution is 2.23. The molecule has 5 heteroatoms. The lowest BCUT2D eigenvalue weighted by Crippen LogP contribution is -2.49. The maximum absolute atomic E-state index is 11.8. The molecule has 1 heterocycles. The van der Waals surface area contributed by atoms with Crippen molar-refractivity contribution < 1.29 is 14.6 Å². The molecular weight excluding hydrogens is 220 g/mol. The highest BCUT2D eigenvalue weighted by atomic mass is 16.5. The lowest BCUT2D eigenvalue weighted by molar-refractivity contribution is -0.134. The summed E-state index contributed by atoms with van der Waals surface area (Å²) in [7, 11) is 0. The molecule has 17 heavy (non-hydrogen) atoms. The number of carbonyl (C=O) groups excluding carboxylic acids is 1. The number of hydrogen-bond donors (Lipinski definition) is 3. The Balaban J connectivity index is 1.71. The minimum absolute atomic E-state index is 0.0602. The van der Waals surface area contributed by atoms with Gasteiger partial charge in [-0.05, 0) is 12.8 Å². The molecule has 0 bridgehead atoms. The highest BCUT2D eigenvalue weighted by Gasteiger charge is 2.26. The van der Waals surface area contributed by atoms with Crippen molar-refractivity contribution in [1.29, 1.82) is 0 Å². The number of nitrogens with one attached hydrogen (secondary N) is 2. The van der Waals surface area contributed by atoms with Gasteiger partial charge in [0.25, 0.3) is 0 Å². The van der Waals surface area contributed by atoms with Crippen molar-refractivity contribution >= 4 is 5.91 Å². The Morgan fingerprint density at radius 3 is 2.94 bits per heavy atom. The fourth-order valence-electron chi connectivity index (χ4n) is 2.51. The van der Waals surface area contributed by atoms with Crippen molar-refractivity contribution in [3.05, 3.63) is 0 Å². The molecule has 2 fully saturated rings. The van der Waals surface area contributed by atoms with Gasteiger partial charge in [0.05, 0.1) is 12.7 Å². The van der Waals surface area contributed by atoms with E-state index in [0.717, 1.165) is 32.2 Å². The minimum Gasteiger partial charge on any atom is -0.393 e. The van der Waals surface area contributed by atoms with Gasteiger partial charge in [-0.2, -0.15) is 0 Å². The van der Waals surface area contributed by atoms with E-state index >= 15 is 0 Å². The first kappa shape index (κ1) is 12.8. The van der Waals surface area contributed by atoms with Crippen LogP contribution in [0.25, 0.3) is 0 Å². The third-order valence-electron chi connectivity index (χ3n) is 3.63. The Labute approximate surface area is 102 Å². The number of morpholine rings is 1. The van der Waals surface area contributed by atoms with Crippen LogP contribution in [0.2, 0.25) is 0 Å². The summed E-state index contributed by atoms with van der Waals surface area (Å²) in [5, 5.41) is 15.8. The van der Waals surface area contributed by atoms with Crippen LogP contribution < -0.4 is 10.6 Å². The maximum Gasteiger partial charge on any atom is 0.250 e. The predicted octanol–water partition coefficient (Wildman–Crippen LogP) is -0.358. The molecule has 3 N–H and O–H groups in total. The van der Waals surface area contributed by atoms with Crippen LogP contribution in [0.5, 0.6) is 0 Å². The van der Waals surface area contributed by atoms with Crippen molar-refractivity contribution in [2.24, 2.45) is 5.92 Å². The molecular formula is C12H22N2O3. The summed E-state index contributed by atoms with van der Waals surface area (Å²) in [5.74, 6) is 0.152. The van der Waals surface area contributed by atoms with Crippen molar-refractivity contribution in [2.75, 3.05) is 26.2 Å².